The Kier molecular flexibility index (Phi) is 3.01. The Morgan fingerprint density at radius 2 is 1.89 bits per heavy atom. The van der Waals surface area contributed by atoms with Gasteiger partial charge < -0.3 is 0 Å². The number of benzene rings is 1. The summed E-state index contributed by atoms with van der Waals surface area (Å²) in [4.78, 5) is 4.49. The summed E-state index contributed by atoms with van der Waals surface area (Å²) in [6, 6.07) is 11.5. The molecule has 5 heteroatoms. The van der Waals surface area contributed by atoms with Crippen molar-refractivity contribution >= 4 is 11.6 Å². The molecule has 0 saturated heterocycles. The summed E-state index contributed by atoms with van der Waals surface area (Å²) in [6.45, 7) is 0. The molecular weight excluding hydrogens is 260 g/mol. The van der Waals surface area contributed by atoms with E-state index in [1.165, 1.54) is 0 Å². The van der Waals surface area contributed by atoms with E-state index in [0.717, 1.165) is 17.0 Å². The fraction of sp³-hybridized carbons (Fsp3) is 0.0714. The van der Waals surface area contributed by atoms with Gasteiger partial charge in [0.2, 0.25) is 0 Å². The maximum Gasteiger partial charge on any atom is 0.181 e. The molecule has 2 heterocycles. The van der Waals surface area contributed by atoms with Crippen LogP contribution in [0.2, 0.25) is 5.02 Å². The van der Waals surface area contributed by atoms with Crippen LogP contribution in [0.4, 0.5) is 0 Å². The Labute approximate surface area is 115 Å². The zero-order valence-corrected chi connectivity index (χ0v) is 11.1. The summed E-state index contributed by atoms with van der Waals surface area (Å²) in [5, 5.41) is 7.85. The summed E-state index contributed by atoms with van der Waals surface area (Å²) in [7, 11) is 1.97. The van der Waals surface area contributed by atoms with Crippen molar-refractivity contribution in [2.24, 2.45) is 7.05 Å². The molecule has 94 valence electrons. The van der Waals surface area contributed by atoms with E-state index >= 15 is 0 Å². The third kappa shape index (κ3) is 2.48. The van der Waals surface area contributed by atoms with Crippen LogP contribution in [-0.4, -0.2) is 15.2 Å². The second-order valence-electron chi connectivity index (χ2n) is 4.27. The number of halogens is 1. The van der Waals surface area contributed by atoms with E-state index < -0.39 is 0 Å². The van der Waals surface area contributed by atoms with Crippen molar-refractivity contribution < 1.29 is 4.57 Å². The molecule has 0 bridgehead atoms. The summed E-state index contributed by atoms with van der Waals surface area (Å²) >= 11 is 5.97. The van der Waals surface area contributed by atoms with Gasteiger partial charge in [-0.3, -0.25) is 5.10 Å². The Balaban J connectivity index is 1.97. The average Bonchev–Trinajstić information content (AvgIpc) is 2.89. The maximum absolute atomic E-state index is 5.97. The molecule has 1 N–H and O–H groups in total. The molecule has 0 unspecified atom stereocenters. The lowest BCUT2D eigenvalue weighted by Crippen LogP contribution is -2.25. The largest absolute Gasteiger partial charge is 0.259 e. The number of nitrogens with zero attached hydrogens (tertiary/aromatic N) is 3. The van der Waals surface area contributed by atoms with E-state index in [0.29, 0.717) is 10.8 Å². The van der Waals surface area contributed by atoms with Crippen LogP contribution in [0.5, 0.6) is 0 Å². The third-order valence-electron chi connectivity index (χ3n) is 2.82. The highest BCUT2D eigenvalue weighted by Gasteiger charge is 2.08. The Morgan fingerprint density at radius 1 is 1.11 bits per heavy atom. The van der Waals surface area contributed by atoms with Gasteiger partial charge in [0.15, 0.2) is 24.0 Å². The molecule has 0 aliphatic rings. The first-order valence-electron chi connectivity index (χ1n) is 5.86. The van der Waals surface area contributed by atoms with Gasteiger partial charge in [0.25, 0.3) is 0 Å². The van der Waals surface area contributed by atoms with Gasteiger partial charge >= 0.3 is 0 Å². The third-order valence-corrected chi connectivity index (χ3v) is 3.06. The van der Waals surface area contributed by atoms with Crippen molar-refractivity contribution in [1.29, 1.82) is 0 Å². The van der Waals surface area contributed by atoms with Crippen LogP contribution in [0.25, 0.3) is 22.8 Å². The van der Waals surface area contributed by atoms with Crippen LogP contribution in [-0.2, 0) is 7.05 Å². The van der Waals surface area contributed by atoms with Gasteiger partial charge in [-0.2, -0.15) is 5.10 Å². The molecule has 0 fully saturated rings. The topological polar surface area (TPSA) is 45.5 Å². The maximum atomic E-state index is 5.97. The number of nitrogens with one attached hydrogen (secondary N) is 1. The molecule has 3 rings (SSSR count). The summed E-state index contributed by atoms with van der Waals surface area (Å²) in [6.07, 6.45) is 3.94. The van der Waals surface area contributed by atoms with E-state index in [2.05, 4.69) is 15.2 Å². The monoisotopic (exact) mass is 271 g/mol. The minimum absolute atomic E-state index is 0.644. The Bertz CT molecular complexity index is 703. The Hall–Kier alpha value is -2.20. The van der Waals surface area contributed by atoms with Crippen molar-refractivity contribution in [3.63, 3.8) is 0 Å². The van der Waals surface area contributed by atoms with Gasteiger partial charge in [0, 0.05) is 28.3 Å². The molecule has 1 aromatic carbocycles. The molecule has 0 radical (unpaired) electrons. The second-order valence-corrected chi connectivity index (χ2v) is 4.71. The van der Waals surface area contributed by atoms with Gasteiger partial charge in [-0.1, -0.05) is 23.7 Å². The van der Waals surface area contributed by atoms with E-state index in [9.17, 15) is 0 Å². The lowest BCUT2D eigenvalue weighted by molar-refractivity contribution is -0.671. The van der Waals surface area contributed by atoms with Crippen LogP contribution >= 0.6 is 11.6 Å². The van der Waals surface area contributed by atoms with Crippen molar-refractivity contribution in [1.82, 2.24) is 15.2 Å². The number of pyridine rings is 1. The molecular formula is C14H12ClN4+. The fourth-order valence-corrected chi connectivity index (χ4v) is 2.00. The zero-order valence-electron chi connectivity index (χ0n) is 10.3. The first-order chi connectivity index (χ1) is 9.22. The van der Waals surface area contributed by atoms with Crippen molar-refractivity contribution in [2.75, 3.05) is 0 Å². The minimum atomic E-state index is 0.644. The van der Waals surface area contributed by atoms with E-state index in [1.54, 1.807) is 0 Å². The molecule has 4 nitrogen and oxygen atoms in total. The SMILES string of the molecule is C[n+]1ccc(-c2nc(-c3cccc(Cl)c3)n[nH]2)cc1. The van der Waals surface area contributed by atoms with Crippen LogP contribution in [0.1, 0.15) is 0 Å². The van der Waals surface area contributed by atoms with Crippen molar-refractivity contribution in [2.45, 2.75) is 0 Å². The summed E-state index contributed by atoms with van der Waals surface area (Å²) < 4.78 is 1.97. The smallest absolute Gasteiger partial charge is 0.181 e. The van der Waals surface area contributed by atoms with Crippen LogP contribution < -0.4 is 4.57 Å². The molecule has 0 spiro atoms. The lowest BCUT2D eigenvalue weighted by atomic mass is 10.2. The second kappa shape index (κ2) is 4.82. The molecule has 2 aromatic heterocycles. The Morgan fingerprint density at radius 3 is 2.63 bits per heavy atom. The molecule has 0 amide bonds. The first-order valence-corrected chi connectivity index (χ1v) is 6.24. The quantitative estimate of drug-likeness (QED) is 0.728. The van der Waals surface area contributed by atoms with Gasteiger partial charge in [0.1, 0.15) is 7.05 Å². The molecule has 0 atom stereocenters. The number of rotatable bonds is 2. The number of aryl methyl sites for hydroxylation is 1. The number of hydrogen-bond acceptors (Lipinski definition) is 2. The van der Waals surface area contributed by atoms with Gasteiger partial charge in [-0.05, 0) is 12.1 Å². The highest BCUT2D eigenvalue weighted by molar-refractivity contribution is 6.30. The predicted molar refractivity (Wildman–Crippen MR) is 73.4 cm³/mol. The van der Waals surface area contributed by atoms with E-state index in [1.807, 2.05) is 60.4 Å². The zero-order chi connectivity index (χ0) is 13.2. The van der Waals surface area contributed by atoms with E-state index in [4.69, 9.17) is 11.6 Å². The van der Waals surface area contributed by atoms with Crippen LogP contribution in [0.3, 0.4) is 0 Å². The first kappa shape index (κ1) is 11.9. The number of aromatic nitrogens is 4. The van der Waals surface area contributed by atoms with Gasteiger partial charge in [0.05, 0.1) is 0 Å². The van der Waals surface area contributed by atoms with E-state index in [-0.39, 0.29) is 0 Å². The molecule has 3 aromatic rings. The normalized spacial score (nSPS) is 10.6. The highest BCUT2D eigenvalue weighted by atomic mass is 35.5. The summed E-state index contributed by atoms with van der Waals surface area (Å²) in [5.41, 5.74) is 1.90. The summed E-state index contributed by atoms with van der Waals surface area (Å²) in [5.74, 6) is 1.39. The average molecular weight is 272 g/mol. The van der Waals surface area contributed by atoms with Gasteiger partial charge in [-0.15, -0.1) is 0 Å². The highest BCUT2D eigenvalue weighted by Crippen LogP contribution is 2.21. The molecule has 19 heavy (non-hydrogen) atoms. The number of aromatic amines is 1. The van der Waals surface area contributed by atoms with Gasteiger partial charge in [-0.25, -0.2) is 9.55 Å². The molecule has 0 aliphatic carbocycles. The minimum Gasteiger partial charge on any atom is -0.259 e. The standard InChI is InChI=1S/C14H11ClN4/c1-19-7-5-10(6-8-19)13-16-14(18-17-13)11-3-2-4-12(15)9-11/h2-9H,1H3/p+1. The van der Waals surface area contributed by atoms with Crippen LogP contribution in [0.15, 0.2) is 48.8 Å². The van der Waals surface area contributed by atoms with Crippen molar-refractivity contribution in [3.05, 3.63) is 53.8 Å². The van der Waals surface area contributed by atoms with Crippen molar-refractivity contribution in [3.8, 4) is 22.8 Å². The fourth-order valence-electron chi connectivity index (χ4n) is 1.81. The number of hydrogen-bond donors (Lipinski definition) is 1. The predicted octanol–water partition coefficient (Wildman–Crippen LogP) is 2.62. The number of H-pyrrole nitrogens is 1. The van der Waals surface area contributed by atoms with Crippen LogP contribution in [0, 0.1) is 0 Å². The molecule has 0 aliphatic heterocycles. The lowest BCUT2D eigenvalue weighted by Gasteiger charge is -1.95. The molecule has 0 saturated carbocycles.